The molecule has 9 nitrogen and oxygen atoms in total. The molecule has 4 aromatic rings. The van der Waals surface area contributed by atoms with Crippen LogP contribution in [-0.2, 0) is 17.9 Å². The van der Waals surface area contributed by atoms with Gasteiger partial charge in [0.05, 0.1) is 17.7 Å². The summed E-state index contributed by atoms with van der Waals surface area (Å²) in [7, 11) is 0. The van der Waals surface area contributed by atoms with Crippen LogP contribution in [0, 0.1) is 5.95 Å². The van der Waals surface area contributed by atoms with Crippen LogP contribution >= 0.6 is 11.3 Å². The van der Waals surface area contributed by atoms with E-state index >= 15 is 0 Å². The van der Waals surface area contributed by atoms with Crippen molar-refractivity contribution in [3.8, 4) is 0 Å². The second-order valence-electron chi connectivity index (χ2n) is 7.13. The maximum atomic E-state index is 13.3. The Morgan fingerprint density at radius 3 is 2.88 bits per heavy atom. The molecule has 0 aliphatic rings. The molecule has 33 heavy (non-hydrogen) atoms. The van der Waals surface area contributed by atoms with Crippen LogP contribution in [-0.4, -0.2) is 35.9 Å². The Labute approximate surface area is 192 Å². The van der Waals surface area contributed by atoms with Crippen LogP contribution in [0.2, 0.25) is 0 Å². The maximum absolute atomic E-state index is 13.3. The van der Waals surface area contributed by atoms with Gasteiger partial charge >= 0.3 is 0 Å². The number of aryl methyl sites for hydroxylation is 1. The number of carbonyl (C=O) groups is 2. The van der Waals surface area contributed by atoms with E-state index in [1.54, 1.807) is 58.2 Å². The number of thiazole rings is 1. The molecule has 0 unspecified atom stereocenters. The van der Waals surface area contributed by atoms with E-state index in [0.29, 0.717) is 40.9 Å². The van der Waals surface area contributed by atoms with Gasteiger partial charge in [0.2, 0.25) is 11.9 Å². The van der Waals surface area contributed by atoms with E-state index in [-0.39, 0.29) is 18.2 Å². The summed E-state index contributed by atoms with van der Waals surface area (Å²) in [5.41, 5.74) is 7.67. The second-order valence-corrected chi connectivity index (χ2v) is 7.98. The van der Waals surface area contributed by atoms with Gasteiger partial charge in [-0.1, -0.05) is 0 Å². The lowest BCUT2D eigenvalue weighted by molar-refractivity contribution is -0.118. The molecule has 0 aliphatic carbocycles. The van der Waals surface area contributed by atoms with Crippen LogP contribution in [0.15, 0.2) is 54.6 Å². The molecule has 0 saturated heterocycles. The fourth-order valence-corrected chi connectivity index (χ4v) is 3.75. The number of rotatable bonds is 9. The summed E-state index contributed by atoms with van der Waals surface area (Å²) in [6.45, 7) is 0.814. The zero-order valence-electron chi connectivity index (χ0n) is 17.4. The summed E-state index contributed by atoms with van der Waals surface area (Å²) in [5, 5.41) is 5.06. The van der Waals surface area contributed by atoms with Gasteiger partial charge < -0.3 is 14.9 Å². The molecule has 2 amide bonds. The highest BCUT2D eigenvalue weighted by Crippen LogP contribution is 2.19. The van der Waals surface area contributed by atoms with Crippen LogP contribution in [0.1, 0.15) is 33.9 Å². The van der Waals surface area contributed by atoms with Crippen molar-refractivity contribution in [3.63, 3.8) is 0 Å². The van der Waals surface area contributed by atoms with Crippen molar-refractivity contribution in [1.82, 2.24) is 24.1 Å². The molecule has 11 heteroatoms. The lowest BCUT2D eigenvalue weighted by Crippen LogP contribution is -2.17. The SMILES string of the molecule is NC(=O)CCn1cnc(/C=C/c2csc(NC(=O)c3cccn3Cc3ccnc(F)c3)n2)c1. The van der Waals surface area contributed by atoms with Crippen LogP contribution in [0.25, 0.3) is 12.2 Å². The number of primary amides is 1. The van der Waals surface area contributed by atoms with E-state index in [0.717, 1.165) is 0 Å². The van der Waals surface area contributed by atoms with Crippen molar-refractivity contribution in [2.45, 2.75) is 19.5 Å². The molecule has 0 bridgehead atoms. The van der Waals surface area contributed by atoms with Gasteiger partial charge in [-0.3, -0.25) is 14.9 Å². The van der Waals surface area contributed by atoms with E-state index in [4.69, 9.17) is 5.73 Å². The predicted octanol–water partition coefficient (Wildman–Crippen LogP) is 3.02. The van der Waals surface area contributed by atoms with E-state index in [9.17, 15) is 14.0 Å². The van der Waals surface area contributed by atoms with E-state index in [1.807, 2.05) is 5.38 Å². The standard InChI is InChI=1S/C22H20FN7O2S/c23-19-10-15(5-7-25-19)11-30-8-1-2-18(30)21(32)28-22-27-17(13-33-22)4-3-16-12-29(14-26-16)9-6-20(24)31/h1-5,7-8,10,12-14H,6,9,11H2,(H2,24,31)(H,27,28,32)/b4-3+. The van der Waals surface area contributed by atoms with Crippen molar-refractivity contribution in [2.75, 3.05) is 5.32 Å². The summed E-state index contributed by atoms with van der Waals surface area (Å²) >= 11 is 1.30. The molecule has 3 N–H and O–H groups in total. The first kappa shape index (κ1) is 22.1. The number of aromatic nitrogens is 5. The van der Waals surface area contributed by atoms with Gasteiger partial charge in [0.25, 0.3) is 5.91 Å². The lowest BCUT2D eigenvalue weighted by Gasteiger charge is -2.09. The number of nitrogens with two attached hydrogens (primary N) is 1. The highest BCUT2D eigenvalue weighted by atomic mass is 32.1. The zero-order chi connectivity index (χ0) is 23.2. The Balaban J connectivity index is 1.37. The highest BCUT2D eigenvalue weighted by Gasteiger charge is 2.13. The third-order valence-corrected chi connectivity index (χ3v) is 5.42. The Kier molecular flexibility index (Phi) is 6.69. The predicted molar refractivity (Wildman–Crippen MR) is 123 cm³/mol. The van der Waals surface area contributed by atoms with E-state index in [1.165, 1.54) is 23.6 Å². The third-order valence-electron chi connectivity index (χ3n) is 4.64. The molecule has 0 aliphatic heterocycles. The van der Waals surface area contributed by atoms with Crippen LogP contribution < -0.4 is 11.1 Å². The normalized spacial score (nSPS) is 11.2. The number of hydrogen-bond donors (Lipinski definition) is 2. The molecule has 0 saturated carbocycles. The first-order chi connectivity index (χ1) is 16.0. The van der Waals surface area contributed by atoms with Gasteiger partial charge in [0.15, 0.2) is 5.13 Å². The molecule has 0 radical (unpaired) electrons. The average Bonchev–Trinajstić information content (AvgIpc) is 3.52. The lowest BCUT2D eigenvalue weighted by atomic mass is 10.2. The molecular formula is C22H20FN7O2S. The van der Waals surface area contributed by atoms with Crippen molar-refractivity contribution in [1.29, 1.82) is 0 Å². The summed E-state index contributed by atoms with van der Waals surface area (Å²) in [5.74, 6) is -1.24. The molecule has 0 fully saturated rings. The average molecular weight is 466 g/mol. The fourth-order valence-electron chi connectivity index (χ4n) is 3.07. The molecule has 4 rings (SSSR count). The van der Waals surface area contributed by atoms with Gasteiger partial charge in [0, 0.05) is 43.5 Å². The monoisotopic (exact) mass is 465 g/mol. The Bertz CT molecular complexity index is 1310. The first-order valence-corrected chi connectivity index (χ1v) is 10.8. The summed E-state index contributed by atoms with van der Waals surface area (Å²) < 4.78 is 16.9. The first-order valence-electron chi connectivity index (χ1n) is 9.97. The minimum atomic E-state index is -0.563. The fraction of sp³-hybridized carbons (Fsp3) is 0.136. The summed E-state index contributed by atoms with van der Waals surface area (Å²) in [4.78, 5) is 35.8. The van der Waals surface area contributed by atoms with Gasteiger partial charge in [-0.15, -0.1) is 11.3 Å². The molecule has 4 heterocycles. The number of halogens is 1. The number of nitrogens with zero attached hydrogens (tertiary/aromatic N) is 5. The minimum Gasteiger partial charge on any atom is -0.370 e. The van der Waals surface area contributed by atoms with Gasteiger partial charge in [-0.25, -0.2) is 15.0 Å². The van der Waals surface area contributed by atoms with E-state index < -0.39 is 5.95 Å². The molecule has 0 aromatic carbocycles. The Morgan fingerprint density at radius 2 is 2.06 bits per heavy atom. The Hall–Kier alpha value is -4.12. The molecule has 168 valence electrons. The van der Waals surface area contributed by atoms with Crippen LogP contribution in [0.4, 0.5) is 9.52 Å². The van der Waals surface area contributed by atoms with Gasteiger partial charge in [0.1, 0.15) is 5.69 Å². The number of carbonyl (C=O) groups excluding carboxylic acids is 2. The largest absolute Gasteiger partial charge is 0.370 e. The van der Waals surface area contributed by atoms with Crippen molar-refractivity contribution in [2.24, 2.45) is 5.73 Å². The molecular weight excluding hydrogens is 445 g/mol. The number of nitrogens with one attached hydrogen (secondary N) is 1. The smallest absolute Gasteiger partial charge is 0.274 e. The van der Waals surface area contributed by atoms with E-state index in [2.05, 4.69) is 20.3 Å². The van der Waals surface area contributed by atoms with Gasteiger partial charge in [-0.2, -0.15) is 4.39 Å². The number of imidazole rings is 1. The molecule has 4 aromatic heterocycles. The highest BCUT2D eigenvalue weighted by molar-refractivity contribution is 7.14. The van der Waals surface area contributed by atoms with Crippen molar-refractivity contribution < 1.29 is 14.0 Å². The number of pyridine rings is 1. The molecule has 0 atom stereocenters. The Morgan fingerprint density at radius 1 is 1.21 bits per heavy atom. The van der Waals surface area contributed by atoms with Crippen molar-refractivity contribution >= 4 is 40.4 Å². The third kappa shape index (κ3) is 5.98. The van der Waals surface area contributed by atoms with Crippen molar-refractivity contribution in [3.05, 3.63) is 83.2 Å². The van der Waals surface area contributed by atoms with Crippen LogP contribution in [0.5, 0.6) is 0 Å². The number of hydrogen-bond acceptors (Lipinski definition) is 6. The topological polar surface area (TPSA) is 121 Å². The van der Waals surface area contributed by atoms with Crippen LogP contribution in [0.3, 0.4) is 0 Å². The number of amides is 2. The molecule has 0 spiro atoms. The summed E-state index contributed by atoms with van der Waals surface area (Å²) in [6.07, 6.45) is 10.4. The minimum absolute atomic E-state index is 0.248. The quantitative estimate of drug-likeness (QED) is 0.368. The summed E-state index contributed by atoms with van der Waals surface area (Å²) in [6, 6.07) is 6.48. The van der Waals surface area contributed by atoms with Gasteiger partial charge in [-0.05, 0) is 42.0 Å². The second kappa shape index (κ2) is 10.0. The zero-order valence-corrected chi connectivity index (χ0v) is 18.2. The maximum Gasteiger partial charge on any atom is 0.274 e. The number of anilines is 1.